The van der Waals surface area contributed by atoms with E-state index in [4.69, 9.17) is 0 Å². The summed E-state index contributed by atoms with van der Waals surface area (Å²) in [6.45, 7) is 3.41. The summed E-state index contributed by atoms with van der Waals surface area (Å²) >= 11 is 0. The van der Waals surface area contributed by atoms with Crippen molar-refractivity contribution < 1.29 is 4.79 Å². The quantitative estimate of drug-likeness (QED) is 0.861. The third-order valence-corrected chi connectivity index (χ3v) is 5.06. The highest BCUT2D eigenvalue weighted by Crippen LogP contribution is 2.26. The maximum atomic E-state index is 13.1. The van der Waals surface area contributed by atoms with Gasteiger partial charge in [-0.25, -0.2) is 4.98 Å². The average Bonchev–Trinajstić information content (AvgIpc) is 3.23. The minimum atomic E-state index is 0.0957. The summed E-state index contributed by atoms with van der Waals surface area (Å²) in [6.07, 6.45) is 7.22. The van der Waals surface area contributed by atoms with Crippen LogP contribution in [0.3, 0.4) is 0 Å². The van der Waals surface area contributed by atoms with Gasteiger partial charge in [0.05, 0.1) is 5.56 Å². The lowest BCUT2D eigenvalue weighted by molar-refractivity contribution is 0.0773. The molecule has 0 spiro atoms. The van der Waals surface area contributed by atoms with E-state index in [9.17, 15) is 4.79 Å². The highest BCUT2D eigenvalue weighted by atomic mass is 16.2. The number of carbonyl (C=O) groups excluding carboxylic acids is 1. The fourth-order valence-electron chi connectivity index (χ4n) is 3.68. The van der Waals surface area contributed by atoms with Crippen molar-refractivity contribution in [3.8, 4) is 0 Å². The fourth-order valence-corrected chi connectivity index (χ4v) is 3.68. The van der Waals surface area contributed by atoms with Gasteiger partial charge < -0.3 is 9.80 Å². The summed E-state index contributed by atoms with van der Waals surface area (Å²) in [5, 5.41) is 0. The van der Waals surface area contributed by atoms with Gasteiger partial charge in [-0.05, 0) is 42.5 Å². The van der Waals surface area contributed by atoms with Gasteiger partial charge in [-0.1, -0.05) is 36.4 Å². The summed E-state index contributed by atoms with van der Waals surface area (Å²) in [6, 6.07) is 14.2. The zero-order valence-corrected chi connectivity index (χ0v) is 14.4. The van der Waals surface area contributed by atoms with Crippen LogP contribution in [0.25, 0.3) is 5.57 Å². The predicted molar refractivity (Wildman–Crippen MR) is 101 cm³/mol. The summed E-state index contributed by atoms with van der Waals surface area (Å²) in [7, 11) is 0. The Labute approximate surface area is 148 Å². The molecule has 0 aliphatic carbocycles. The molecule has 0 saturated carbocycles. The van der Waals surface area contributed by atoms with E-state index in [1.54, 1.807) is 6.20 Å². The molecule has 1 aromatic heterocycles. The molecule has 1 fully saturated rings. The second kappa shape index (κ2) is 7.09. The smallest absolute Gasteiger partial charge is 0.257 e. The van der Waals surface area contributed by atoms with Gasteiger partial charge in [0.15, 0.2) is 0 Å². The van der Waals surface area contributed by atoms with Crippen molar-refractivity contribution >= 4 is 17.3 Å². The molecule has 0 bridgehead atoms. The first-order valence-corrected chi connectivity index (χ1v) is 9.06. The number of hydrogen-bond donors (Lipinski definition) is 0. The Hall–Kier alpha value is -2.62. The number of rotatable bonds is 3. The van der Waals surface area contributed by atoms with Crippen molar-refractivity contribution in [2.75, 3.05) is 31.1 Å². The minimum absolute atomic E-state index is 0.0957. The highest BCUT2D eigenvalue weighted by molar-refractivity contribution is 5.99. The van der Waals surface area contributed by atoms with Crippen LogP contribution in [0.1, 0.15) is 35.2 Å². The molecule has 25 heavy (non-hydrogen) atoms. The summed E-state index contributed by atoms with van der Waals surface area (Å²) in [5.74, 6) is 0.946. The lowest BCUT2D eigenvalue weighted by atomic mass is 9.99. The highest BCUT2D eigenvalue weighted by Gasteiger charge is 2.25. The van der Waals surface area contributed by atoms with Crippen molar-refractivity contribution in [2.45, 2.75) is 19.3 Å². The molecule has 128 valence electrons. The Morgan fingerprint density at radius 3 is 2.48 bits per heavy atom. The van der Waals surface area contributed by atoms with E-state index in [0.717, 1.165) is 37.4 Å². The van der Waals surface area contributed by atoms with Crippen LogP contribution < -0.4 is 4.90 Å². The molecule has 0 N–H and O–H groups in total. The lowest BCUT2D eigenvalue weighted by Gasteiger charge is -2.28. The normalized spacial score (nSPS) is 17.5. The van der Waals surface area contributed by atoms with E-state index in [-0.39, 0.29) is 5.91 Å². The molecule has 2 aliphatic rings. The van der Waals surface area contributed by atoms with Gasteiger partial charge in [-0.2, -0.15) is 0 Å². The molecular formula is C21H23N3O. The second-order valence-corrected chi connectivity index (χ2v) is 6.67. The van der Waals surface area contributed by atoms with E-state index in [0.29, 0.717) is 6.54 Å². The van der Waals surface area contributed by atoms with Gasteiger partial charge in [0.2, 0.25) is 0 Å². The maximum Gasteiger partial charge on any atom is 0.257 e. The van der Waals surface area contributed by atoms with Gasteiger partial charge in [-0.15, -0.1) is 0 Å². The number of pyridine rings is 1. The molecule has 0 atom stereocenters. The maximum absolute atomic E-state index is 13.1. The van der Waals surface area contributed by atoms with Crippen LogP contribution in [0.2, 0.25) is 0 Å². The summed E-state index contributed by atoms with van der Waals surface area (Å²) in [4.78, 5) is 21.7. The SMILES string of the molecule is O=C(c1cccnc1N1CCCC1)N1CC=C(c2ccccc2)CC1. The van der Waals surface area contributed by atoms with Crippen molar-refractivity contribution in [3.63, 3.8) is 0 Å². The Morgan fingerprint density at radius 1 is 0.960 bits per heavy atom. The Bertz CT molecular complexity index is 779. The van der Waals surface area contributed by atoms with E-state index >= 15 is 0 Å². The molecule has 2 aromatic rings. The van der Waals surface area contributed by atoms with Crippen molar-refractivity contribution in [1.82, 2.24) is 9.88 Å². The number of aromatic nitrogens is 1. The molecule has 0 unspecified atom stereocenters. The first-order valence-electron chi connectivity index (χ1n) is 9.06. The van der Waals surface area contributed by atoms with Gasteiger partial charge in [0.25, 0.3) is 5.91 Å². The van der Waals surface area contributed by atoms with Crippen LogP contribution in [-0.4, -0.2) is 42.0 Å². The summed E-state index contributed by atoms with van der Waals surface area (Å²) < 4.78 is 0. The molecule has 1 saturated heterocycles. The van der Waals surface area contributed by atoms with E-state index in [1.807, 2.05) is 23.1 Å². The number of anilines is 1. The molecule has 4 heteroatoms. The predicted octanol–water partition coefficient (Wildman–Crippen LogP) is 3.61. The topological polar surface area (TPSA) is 36.4 Å². The molecule has 1 aromatic carbocycles. The molecule has 4 rings (SSSR count). The molecule has 4 nitrogen and oxygen atoms in total. The van der Waals surface area contributed by atoms with Crippen molar-refractivity contribution in [2.24, 2.45) is 0 Å². The lowest BCUT2D eigenvalue weighted by Crippen LogP contribution is -2.36. The Morgan fingerprint density at radius 2 is 1.76 bits per heavy atom. The first-order chi connectivity index (χ1) is 12.3. The molecule has 2 aliphatic heterocycles. The number of benzene rings is 1. The van der Waals surface area contributed by atoms with Gasteiger partial charge in [0.1, 0.15) is 5.82 Å². The monoisotopic (exact) mass is 333 g/mol. The van der Waals surface area contributed by atoms with Crippen LogP contribution in [0.5, 0.6) is 0 Å². The zero-order valence-electron chi connectivity index (χ0n) is 14.4. The third-order valence-electron chi connectivity index (χ3n) is 5.06. The van der Waals surface area contributed by atoms with E-state index in [2.05, 4.69) is 40.2 Å². The number of amides is 1. The average molecular weight is 333 g/mol. The van der Waals surface area contributed by atoms with Crippen LogP contribution >= 0.6 is 0 Å². The van der Waals surface area contributed by atoms with Crippen LogP contribution in [0, 0.1) is 0 Å². The largest absolute Gasteiger partial charge is 0.356 e. The number of nitrogens with zero attached hydrogens (tertiary/aromatic N) is 3. The number of carbonyl (C=O) groups is 1. The Kier molecular flexibility index (Phi) is 4.51. The zero-order chi connectivity index (χ0) is 17.1. The molecule has 0 radical (unpaired) electrons. The second-order valence-electron chi connectivity index (χ2n) is 6.67. The van der Waals surface area contributed by atoms with Gasteiger partial charge in [0, 0.05) is 32.4 Å². The van der Waals surface area contributed by atoms with Gasteiger partial charge in [-0.3, -0.25) is 4.79 Å². The first kappa shape index (κ1) is 15.9. The molecule has 3 heterocycles. The van der Waals surface area contributed by atoms with Crippen LogP contribution in [0.15, 0.2) is 54.7 Å². The fraction of sp³-hybridized carbons (Fsp3) is 0.333. The van der Waals surface area contributed by atoms with Gasteiger partial charge >= 0.3 is 0 Å². The van der Waals surface area contributed by atoms with Crippen molar-refractivity contribution in [1.29, 1.82) is 0 Å². The number of hydrogen-bond acceptors (Lipinski definition) is 3. The van der Waals surface area contributed by atoms with E-state index in [1.165, 1.54) is 24.0 Å². The third kappa shape index (κ3) is 3.29. The minimum Gasteiger partial charge on any atom is -0.356 e. The van der Waals surface area contributed by atoms with Crippen LogP contribution in [0.4, 0.5) is 5.82 Å². The standard InChI is InChI=1S/C21H23N3O/c25-21(19-9-6-12-22-20(19)23-13-4-5-14-23)24-15-10-18(11-16-24)17-7-2-1-3-8-17/h1-3,6-10,12H,4-5,11,13-16H2. The van der Waals surface area contributed by atoms with Crippen molar-refractivity contribution in [3.05, 3.63) is 65.9 Å². The molecular weight excluding hydrogens is 310 g/mol. The summed E-state index contributed by atoms with van der Waals surface area (Å²) in [5.41, 5.74) is 3.32. The van der Waals surface area contributed by atoms with E-state index < -0.39 is 0 Å². The van der Waals surface area contributed by atoms with Crippen LogP contribution in [-0.2, 0) is 0 Å². The Balaban J connectivity index is 1.52. The molecule has 1 amide bonds.